The predicted molar refractivity (Wildman–Crippen MR) is 35.3 cm³/mol. The summed E-state index contributed by atoms with van der Waals surface area (Å²) in [5.41, 5.74) is 0. The SMILES string of the molecule is C=CCOP(O)OBr. The van der Waals surface area contributed by atoms with Crippen LogP contribution < -0.4 is 0 Å². The van der Waals surface area contributed by atoms with E-state index in [1.54, 1.807) is 0 Å². The Balaban J connectivity index is 2.97. The Morgan fingerprint density at radius 1 is 1.88 bits per heavy atom. The highest BCUT2D eigenvalue weighted by Gasteiger charge is 2.00. The van der Waals surface area contributed by atoms with Gasteiger partial charge in [-0.2, -0.15) is 0 Å². The van der Waals surface area contributed by atoms with Crippen LogP contribution in [-0.4, -0.2) is 11.5 Å². The van der Waals surface area contributed by atoms with E-state index < -0.39 is 8.60 Å². The number of hydrogen-bond acceptors (Lipinski definition) is 3. The van der Waals surface area contributed by atoms with Crippen LogP contribution in [0.1, 0.15) is 0 Å². The molecule has 5 heteroatoms. The van der Waals surface area contributed by atoms with Crippen LogP contribution in [0.25, 0.3) is 0 Å². The van der Waals surface area contributed by atoms with Crippen molar-refractivity contribution in [1.29, 1.82) is 0 Å². The van der Waals surface area contributed by atoms with E-state index in [-0.39, 0.29) is 0 Å². The van der Waals surface area contributed by atoms with Gasteiger partial charge < -0.3 is 9.42 Å². The summed E-state index contributed by atoms with van der Waals surface area (Å²) in [4.78, 5) is 8.51. The summed E-state index contributed by atoms with van der Waals surface area (Å²) in [6.45, 7) is 3.67. The van der Waals surface area contributed by atoms with Gasteiger partial charge in [-0.05, 0) is 0 Å². The molecule has 1 atom stereocenters. The lowest BCUT2D eigenvalue weighted by atomic mass is 10.7. The molecular weight excluding hydrogens is 195 g/mol. The lowest BCUT2D eigenvalue weighted by Gasteiger charge is -2.00. The van der Waals surface area contributed by atoms with E-state index in [4.69, 9.17) is 4.89 Å². The summed E-state index contributed by atoms with van der Waals surface area (Å²) in [6.07, 6.45) is 1.53. The third kappa shape index (κ3) is 4.68. The number of rotatable bonds is 4. The van der Waals surface area contributed by atoms with Crippen molar-refractivity contribution in [3.05, 3.63) is 12.7 Å². The van der Waals surface area contributed by atoms with Crippen molar-refractivity contribution in [3.8, 4) is 0 Å². The molecule has 0 saturated heterocycles. The first-order chi connectivity index (χ1) is 3.81. The van der Waals surface area contributed by atoms with Crippen LogP contribution >= 0.6 is 24.9 Å². The van der Waals surface area contributed by atoms with Crippen molar-refractivity contribution >= 4 is 24.9 Å². The molecule has 3 nitrogen and oxygen atoms in total. The van der Waals surface area contributed by atoms with Gasteiger partial charge in [0.2, 0.25) is 0 Å². The predicted octanol–water partition coefficient (Wildman–Crippen LogP) is 1.73. The molecule has 0 rings (SSSR count). The maximum Gasteiger partial charge on any atom is 0.342 e. The molecule has 0 spiro atoms. The Kier molecular flexibility index (Phi) is 6.04. The lowest BCUT2D eigenvalue weighted by molar-refractivity contribution is 0.303. The largest absolute Gasteiger partial charge is 0.342 e. The van der Waals surface area contributed by atoms with Crippen LogP contribution in [-0.2, 0) is 8.14 Å². The molecular formula is C3H6BrO3P. The number of halogens is 1. The van der Waals surface area contributed by atoms with Crippen molar-refractivity contribution in [1.82, 2.24) is 0 Å². The first-order valence-electron chi connectivity index (χ1n) is 1.82. The van der Waals surface area contributed by atoms with Crippen LogP contribution in [0.2, 0.25) is 0 Å². The van der Waals surface area contributed by atoms with Gasteiger partial charge in [-0.3, -0.25) is 0 Å². The molecule has 0 bridgehead atoms. The highest BCUT2D eigenvalue weighted by atomic mass is 79.9. The van der Waals surface area contributed by atoms with Crippen LogP contribution in [0.4, 0.5) is 0 Å². The van der Waals surface area contributed by atoms with Gasteiger partial charge in [0.15, 0.2) is 0 Å². The van der Waals surface area contributed by atoms with Crippen molar-refractivity contribution < 1.29 is 13.0 Å². The zero-order chi connectivity index (χ0) is 6.41. The zero-order valence-corrected chi connectivity index (χ0v) is 6.56. The van der Waals surface area contributed by atoms with Gasteiger partial charge in [-0.25, -0.2) is 3.62 Å². The van der Waals surface area contributed by atoms with Crippen molar-refractivity contribution in [2.75, 3.05) is 6.61 Å². The first kappa shape index (κ1) is 8.53. The van der Waals surface area contributed by atoms with Crippen LogP contribution in [0.5, 0.6) is 0 Å². The first-order valence-corrected chi connectivity index (χ1v) is 3.60. The van der Waals surface area contributed by atoms with Gasteiger partial charge in [0.1, 0.15) is 16.3 Å². The zero-order valence-electron chi connectivity index (χ0n) is 4.08. The van der Waals surface area contributed by atoms with Crippen LogP contribution in [0, 0.1) is 0 Å². The van der Waals surface area contributed by atoms with E-state index in [9.17, 15) is 0 Å². The molecule has 0 fully saturated rings. The third-order valence-corrected chi connectivity index (χ3v) is 1.59. The van der Waals surface area contributed by atoms with Gasteiger partial charge in [-0.1, -0.05) is 6.08 Å². The molecule has 0 aliphatic heterocycles. The Morgan fingerprint density at radius 3 is 2.88 bits per heavy atom. The van der Waals surface area contributed by atoms with E-state index in [1.165, 1.54) is 6.08 Å². The topological polar surface area (TPSA) is 38.7 Å². The number of hydrogen-bond donors (Lipinski definition) is 1. The van der Waals surface area contributed by atoms with Gasteiger partial charge >= 0.3 is 8.60 Å². The van der Waals surface area contributed by atoms with Gasteiger partial charge in [0.05, 0.1) is 6.61 Å². The van der Waals surface area contributed by atoms with Crippen molar-refractivity contribution in [2.45, 2.75) is 0 Å². The monoisotopic (exact) mass is 200 g/mol. The molecule has 0 aromatic rings. The van der Waals surface area contributed by atoms with Crippen molar-refractivity contribution in [2.24, 2.45) is 0 Å². The minimum Gasteiger partial charge on any atom is -0.327 e. The van der Waals surface area contributed by atoms with Gasteiger partial charge in [-0.15, -0.1) is 6.58 Å². The fourth-order valence-electron chi connectivity index (χ4n) is 0.136. The average Bonchev–Trinajstić information content (AvgIpc) is 1.83. The molecule has 1 N–H and O–H groups in total. The Labute approximate surface area is 57.8 Å². The maximum atomic E-state index is 8.51. The Hall–Kier alpha value is 0.530. The Morgan fingerprint density at radius 2 is 2.50 bits per heavy atom. The van der Waals surface area contributed by atoms with Crippen molar-refractivity contribution in [3.63, 3.8) is 0 Å². The highest BCUT2D eigenvalue weighted by Crippen LogP contribution is 2.34. The summed E-state index contributed by atoms with van der Waals surface area (Å²) >= 11 is 2.56. The normalized spacial score (nSPS) is 13.2. The van der Waals surface area contributed by atoms with E-state index in [1.807, 2.05) is 0 Å². The molecule has 0 aliphatic rings. The molecule has 8 heavy (non-hydrogen) atoms. The molecule has 0 aromatic heterocycles. The summed E-state index contributed by atoms with van der Waals surface area (Å²) in [5.74, 6) is 0. The van der Waals surface area contributed by atoms with Crippen LogP contribution in [0.15, 0.2) is 12.7 Å². The minimum absolute atomic E-state index is 0.299. The van der Waals surface area contributed by atoms with E-state index in [2.05, 4.69) is 31.0 Å². The quantitative estimate of drug-likeness (QED) is 0.555. The minimum atomic E-state index is -1.74. The molecule has 0 amide bonds. The molecule has 48 valence electrons. The second-order valence-electron chi connectivity index (χ2n) is 0.891. The standard InChI is InChI=1S/C3H6BrO3P/c1-2-3-6-8(5)7-4/h2,5H,1,3H2. The Bertz CT molecular complexity index is 69.5. The summed E-state index contributed by atoms with van der Waals surface area (Å²) in [6, 6.07) is 0. The maximum absolute atomic E-state index is 8.51. The average molecular weight is 201 g/mol. The second kappa shape index (κ2) is 5.66. The van der Waals surface area contributed by atoms with Gasteiger partial charge in [0, 0.05) is 0 Å². The summed E-state index contributed by atoms with van der Waals surface area (Å²) in [7, 11) is -1.74. The smallest absolute Gasteiger partial charge is 0.327 e. The highest BCUT2D eigenvalue weighted by molar-refractivity contribution is 9.06. The molecule has 0 aliphatic carbocycles. The molecule has 0 saturated carbocycles. The van der Waals surface area contributed by atoms with E-state index >= 15 is 0 Å². The van der Waals surface area contributed by atoms with E-state index in [0.29, 0.717) is 6.61 Å². The van der Waals surface area contributed by atoms with Crippen LogP contribution in [0.3, 0.4) is 0 Å². The molecule has 0 heterocycles. The summed E-state index contributed by atoms with van der Waals surface area (Å²) in [5, 5.41) is 0. The molecule has 1 unspecified atom stereocenters. The van der Waals surface area contributed by atoms with Gasteiger partial charge in [0.25, 0.3) is 0 Å². The molecule has 0 radical (unpaired) electrons. The fourth-order valence-corrected chi connectivity index (χ4v) is 0.660. The summed E-state index contributed by atoms with van der Waals surface area (Å²) < 4.78 is 8.79. The third-order valence-electron chi connectivity index (χ3n) is 0.362. The second-order valence-corrected chi connectivity index (χ2v) is 2.63. The lowest BCUT2D eigenvalue weighted by Crippen LogP contribution is -1.81. The van der Waals surface area contributed by atoms with E-state index in [0.717, 1.165) is 0 Å². The fraction of sp³-hybridized carbons (Fsp3) is 0.333. The molecule has 0 aromatic carbocycles.